The lowest BCUT2D eigenvalue weighted by molar-refractivity contribution is 0.109. The fourth-order valence-corrected chi connectivity index (χ4v) is 2.57. The van der Waals surface area contributed by atoms with Crippen molar-refractivity contribution >= 4 is 0 Å². The number of fused-ring (bicyclic) bond motifs is 1. The molecule has 2 unspecified atom stereocenters. The number of ether oxygens (including phenoxy) is 1. The second-order valence-corrected chi connectivity index (χ2v) is 4.78. The molecule has 88 valence electrons. The Balaban J connectivity index is 1.75. The third-order valence-electron chi connectivity index (χ3n) is 3.51. The third-order valence-corrected chi connectivity index (χ3v) is 3.51. The lowest BCUT2D eigenvalue weighted by Gasteiger charge is -2.20. The third kappa shape index (κ3) is 1.85. The largest absolute Gasteiger partial charge is 0.378 e. The predicted molar refractivity (Wildman–Crippen MR) is 59.0 cm³/mol. The summed E-state index contributed by atoms with van der Waals surface area (Å²) in [6.45, 7) is 1.86. The van der Waals surface area contributed by atoms with Gasteiger partial charge in [-0.2, -0.15) is 0 Å². The molecule has 0 aromatic carbocycles. The molecule has 0 saturated carbocycles. The van der Waals surface area contributed by atoms with Gasteiger partial charge in [-0.25, -0.2) is 0 Å². The normalized spacial score (nSPS) is 29.3. The van der Waals surface area contributed by atoms with Gasteiger partial charge in [0.15, 0.2) is 0 Å². The van der Waals surface area contributed by atoms with E-state index < -0.39 is 0 Å². The van der Waals surface area contributed by atoms with Crippen molar-refractivity contribution in [2.75, 3.05) is 6.61 Å². The van der Waals surface area contributed by atoms with Crippen molar-refractivity contribution in [3.63, 3.8) is 0 Å². The van der Waals surface area contributed by atoms with Crippen molar-refractivity contribution in [2.24, 2.45) is 5.73 Å². The van der Waals surface area contributed by atoms with Gasteiger partial charge in [0.05, 0.1) is 6.10 Å². The lowest BCUT2D eigenvalue weighted by atomic mass is 10.1. The summed E-state index contributed by atoms with van der Waals surface area (Å²) in [6.07, 6.45) is 5.48. The summed E-state index contributed by atoms with van der Waals surface area (Å²) in [6, 6.07) is 0.257. The van der Waals surface area contributed by atoms with E-state index >= 15 is 0 Å². The molecule has 3 heterocycles. The van der Waals surface area contributed by atoms with E-state index in [1.165, 1.54) is 6.42 Å². The van der Waals surface area contributed by atoms with Gasteiger partial charge in [0.1, 0.15) is 11.6 Å². The van der Waals surface area contributed by atoms with Gasteiger partial charge in [-0.1, -0.05) is 0 Å². The highest BCUT2D eigenvalue weighted by molar-refractivity contribution is 5.02. The quantitative estimate of drug-likeness (QED) is 0.780. The Morgan fingerprint density at radius 2 is 2.31 bits per heavy atom. The van der Waals surface area contributed by atoms with Crippen molar-refractivity contribution in [1.82, 2.24) is 14.8 Å². The molecule has 16 heavy (non-hydrogen) atoms. The Labute approximate surface area is 95.0 Å². The zero-order valence-corrected chi connectivity index (χ0v) is 9.43. The number of hydrogen-bond acceptors (Lipinski definition) is 4. The van der Waals surface area contributed by atoms with Crippen LogP contribution in [0.5, 0.6) is 0 Å². The van der Waals surface area contributed by atoms with Crippen LogP contribution in [0, 0.1) is 0 Å². The van der Waals surface area contributed by atoms with Gasteiger partial charge < -0.3 is 15.0 Å². The van der Waals surface area contributed by atoms with Crippen LogP contribution < -0.4 is 5.73 Å². The smallest absolute Gasteiger partial charge is 0.135 e. The lowest BCUT2D eigenvalue weighted by Crippen LogP contribution is -2.31. The molecule has 1 saturated heterocycles. The number of nitrogens with zero attached hydrogens (tertiary/aromatic N) is 3. The molecule has 0 aliphatic carbocycles. The maximum absolute atomic E-state index is 5.92. The molecule has 3 rings (SSSR count). The van der Waals surface area contributed by atoms with Gasteiger partial charge in [0, 0.05) is 32.0 Å². The van der Waals surface area contributed by atoms with E-state index in [1.807, 2.05) is 0 Å². The Hall–Kier alpha value is -0.940. The first-order valence-electron chi connectivity index (χ1n) is 6.11. The maximum Gasteiger partial charge on any atom is 0.135 e. The van der Waals surface area contributed by atoms with Gasteiger partial charge in [-0.15, -0.1) is 10.2 Å². The van der Waals surface area contributed by atoms with Gasteiger partial charge in [0.2, 0.25) is 0 Å². The summed E-state index contributed by atoms with van der Waals surface area (Å²) in [5.41, 5.74) is 5.92. The molecule has 2 aliphatic heterocycles. The summed E-state index contributed by atoms with van der Waals surface area (Å²) < 4.78 is 7.86. The van der Waals surface area contributed by atoms with Crippen molar-refractivity contribution in [3.8, 4) is 0 Å². The Morgan fingerprint density at radius 3 is 3.12 bits per heavy atom. The Bertz CT molecular complexity index is 370. The highest BCUT2D eigenvalue weighted by atomic mass is 16.5. The summed E-state index contributed by atoms with van der Waals surface area (Å²) in [4.78, 5) is 0. The van der Waals surface area contributed by atoms with Crippen molar-refractivity contribution in [1.29, 1.82) is 0 Å². The summed E-state index contributed by atoms with van der Waals surface area (Å²) in [5.74, 6) is 2.13. The zero-order chi connectivity index (χ0) is 11.0. The zero-order valence-electron chi connectivity index (χ0n) is 9.43. The average Bonchev–Trinajstić information content (AvgIpc) is 2.89. The molecule has 0 amide bonds. The highest BCUT2D eigenvalue weighted by Crippen LogP contribution is 2.19. The van der Waals surface area contributed by atoms with E-state index in [1.54, 1.807) is 0 Å². The SMILES string of the molecule is NC1CCn2c(nnc2CC2CCCO2)C1. The monoisotopic (exact) mass is 222 g/mol. The molecular weight excluding hydrogens is 204 g/mol. The van der Waals surface area contributed by atoms with Crippen LogP contribution in [0.2, 0.25) is 0 Å². The minimum absolute atomic E-state index is 0.257. The highest BCUT2D eigenvalue weighted by Gasteiger charge is 2.24. The van der Waals surface area contributed by atoms with Crippen molar-refractivity contribution in [3.05, 3.63) is 11.6 Å². The van der Waals surface area contributed by atoms with E-state index in [2.05, 4.69) is 14.8 Å². The van der Waals surface area contributed by atoms with E-state index in [4.69, 9.17) is 10.5 Å². The molecule has 1 fully saturated rings. The van der Waals surface area contributed by atoms with Crippen LogP contribution in [0.1, 0.15) is 30.9 Å². The van der Waals surface area contributed by atoms with Crippen LogP contribution in [0.4, 0.5) is 0 Å². The number of hydrogen-bond donors (Lipinski definition) is 1. The molecule has 1 aromatic rings. The van der Waals surface area contributed by atoms with Gasteiger partial charge in [-0.3, -0.25) is 0 Å². The molecule has 1 aromatic heterocycles. The number of aromatic nitrogens is 3. The maximum atomic E-state index is 5.92. The summed E-state index contributed by atoms with van der Waals surface area (Å²) >= 11 is 0. The number of rotatable bonds is 2. The van der Waals surface area contributed by atoms with E-state index in [-0.39, 0.29) is 6.04 Å². The second kappa shape index (κ2) is 4.14. The molecule has 5 heteroatoms. The minimum atomic E-state index is 0.257. The van der Waals surface area contributed by atoms with E-state index in [0.29, 0.717) is 6.10 Å². The van der Waals surface area contributed by atoms with E-state index in [0.717, 1.165) is 50.5 Å². The topological polar surface area (TPSA) is 66.0 Å². The van der Waals surface area contributed by atoms with E-state index in [9.17, 15) is 0 Å². The molecular formula is C11H18N4O. The van der Waals surface area contributed by atoms with Crippen LogP contribution in [-0.4, -0.2) is 33.5 Å². The standard InChI is InChI=1S/C11H18N4O/c12-8-3-4-15-10(6-8)13-14-11(15)7-9-2-1-5-16-9/h8-9H,1-7,12H2. The summed E-state index contributed by atoms with van der Waals surface area (Å²) in [7, 11) is 0. The van der Waals surface area contributed by atoms with Crippen LogP contribution in [0.15, 0.2) is 0 Å². The molecule has 5 nitrogen and oxygen atoms in total. The van der Waals surface area contributed by atoms with Crippen molar-refractivity contribution < 1.29 is 4.74 Å². The first kappa shape index (κ1) is 10.2. The van der Waals surface area contributed by atoms with Gasteiger partial charge in [0.25, 0.3) is 0 Å². The average molecular weight is 222 g/mol. The minimum Gasteiger partial charge on any atom is -0.378 e. The number of nitrogens with two attached hydrogens (primary N) is 1. The first-order valence-corrected chi connectivity index (χ1v) is 6.11. The van der Waals surface area contributed by atoms with Gasteiger partial charge in [-0.05, 0) is 19.3 Å². The Morgan fingerprint density at radius 1 is 1.38 bits per heavy atom. The Kier molecular flexibility index (Phi) is 2.65. The second-order valence-electron chi connectivity index (χ2n) is 4.78. The van der Waals surface area contributed by atoms with Crippen LogP contribution in [0.25, 0.3) is 0 Å². The molecule has 2 aliphatic rings. The predicted octanol–water partition coefficient (Wildman–Crippen LogP) is 0.273. The van der Waals surface area contributed by atoms with Gasteiger partial charge >= 0.3 is 0 Å². The molecule has 0 radical (unpaired) electrons. The van der Waals surface area contributed by atoms with Crippen LogP contribution in [-0.2, 0) is 24.1 Å². The fraction of sp³-hybridized carbons (Fsp3) is 0.818. The van der Waals surface area contributed by atoms with Crippen LogP contribution >= 0.6 is 0 Å². The molecule has 0 spiro atoms. The first-order chi connectivity index (χ1) is 7.83. The fourth-order valence-electron chi connectivity index (χ4n) is 2.57. The van der Waals surface area contributed by atoms with Crippen LogP contribution in [0.3, 0.4) is 0 Å². The molecule has 0 bridgehead atoms. The van der Waals surface area contributed by atoms with Crippen molar-refractivity contribution in [2.45, 2.75) is 50.8 Å². The molecule has 2 atom stereocenters. The summed E-state index contributed by atoms with van der Waals surface area (Å²) in [5, 5.41) is 8.50. The molecule has 2 N–H and O–H groups in total.